The van der Waals surface area contributed by atoms with Gasteiger partial charge in [-0.3, -0.25) is 0 Å². The molecule has 1 aromatic carbocycles. The Morgan fingerprint density at radius 3 is 2.61 bits per heavy atom. The molecule has 0 spiro atoms. The van der Waals surface area contributed by atoms with E-state index in [1.54, 1.807) is 6.20 Å². The number of rotatable bonds is 5. The Kier molecular flexibility index (Phi) is 4.73. The van der Waals surface area contributed by atoms with Crippen molar-refractivity contribution in [1.82, 2.24) is 9.97 Å². The zero-order valence-electron chi connectivity index (χ0n) is 10.5. The summed E-state index contributed by atoms with van der Waals surface area (Å²) in [6, 6.07) is 10.4. The first-order chi connectivity index (χ1) is 8.83. The molecular weight excluding hydrogens is 242 g/mol. The molecule has 0 aliphatic heterocycles. The average Bonchev–Trinajstić information content (AvgIpc) is 2.41. The lowest BCUT2D eigenvalue weighted by molar-refractivity contribution is 0.869. The molecule has 1 aromatic heterocycles. The second-order valence-corrected chi connectivity index (χ2v) is 5.19. The van der Waals surface area contributed by atoms with E-state index in [0.717, 1.165) is 29.3 Å². The van der Waals surface area contributed by atoms with Gasteiger partial charge in [0, 0.05) is 23.1 Å². The van der Waals surface area contributed by atoms with Crippen molar-refractivity contribution in [2.24, 2.45) is 5.73 Å². The molecule has 1 heterocycles. The van der Waals surface area contributed by atoms with Crippen molar-refractivity contribution in [1.29, 1.82) is 0 Å². The smallest absolute Gasteiger partial charge is 0.130 e. The third kappa shape index (κ3) is 3.31. The number of benzene rings is 1. The van der Waals surface area contributed by atoms with Crippen molar-refractivity contribution >= 4 is 11.8 Å². The second-order valence-electron chi connectivity index (χ2n) is 3.85. The predicted octanol–water partition coefficient (Wildman–Crippen LogP) is 2.76. The summed E-state index contributed by atoms with van der Waals surface area (Å²) >= 11 is 1.84. The topological polar surface area (TPSA) is 51.8 Å². The van der Waals surface area contributed by atoms with E-state index in [2.05, 4.69) is 41.2 Å². The first kappa shape index (κ1) is 13.1. The van der Waals surface area contributed by atoms with E-state index in [4.69, 9.17) is 5.73 Å². The van der Waals surface area contributed by atoms with Crippen LogP contribution in [0.3, 0.4) is 0 Å². The second kappa shape index (κ2) is 6.52. The van der Waals surface area contributed by atoms with Gasteiger partial charge in [0.2, 0.25) is 0 Å². The molecule has 0 saturated heterocycles. The summed E-state index contributed by atoms with van der Waals surface area (Å²) in [6.07, 6.45) is 2.51. The van der Waals surface area contributed by atoms with Gasteiger partial charge in [-0.2, -0.15) is 0 Å². The Balaban J connectivity index is 2.22. The highest BCUT2D eigenvalue weighted by molar-refractivity contribution is 7.99. The van der Waals surface area contributed by atoms with Crippen molar-refractivity contribution in [3.05, 3.63) is 42.4 Å². The van der Waals surface area contributed by atoms with E-state index >= 15 is 0 Å². The average molecular weight is 259 g/mol. The third-order valence-electron chi connectivity index (χ3n) is 2.53. The van der Waals surface area contributed by atoms with Gasteiger partial charge in [-0.15, -0.1) is 11.8 Å². The maximum atomic E-state index is 5.52. The molecule has 0 amide bonds. The van der Waals surface area contributed by atoms with E-state index in [1.165, 1.54) is 4.90 Å². The summed E-state index contributed by atoms with van der Waals surface area (Å²) < 4.78 is 0. The van der Waals surface area contributed by atoms with Gasteiger partial charge in [0.05, 0.1) is 5.69 Å². The molecule has 0 radical (unpaired) electrons. The van der Waals surface area contributed by atoms with Crippen LogP contribution in [0.25, 0.3) is 11.3 Å². The lowest BCUT2D eigenvalue weighted by Crippen LogP contribution is -2.06. The fraction of sp³-hybridized carbons (Fsp3) is 0.286. The maximum Gasteiger partial charge on any atom is 0.130 e. The Morgan fingerprint density at radius 2 is 1.94 bits per heavy atom. The van der Waals surface area contributed by atoms with Crippen molar-refractivity contribution in [2.45, 2.75) is 18.2 Å². The largest absolute Gasteiger partial charge is 0.330 e. The molecule has 0 aliphatic rings. The number of aromatic nitrogens is 2. The molecule has 2 N–H and O–H groups in total. The highest BCUT2D eigenvalue weighted by Crippen LogP contribution is 2.22. The van der Waals surface area contributed by atoms with Gasteiger partial charge in [-0.25, -0.2) is 9.97 Å². The lowest BCUT2D eigenvalue weighted by Gasteiger charge is -2.04. The Labute approximate surface area is 112 Å². The quantitative estimate of drug-likeness (QED) is 0.839. The molecule has 0 unspecified atom stereocenters. The first-order valence-electron chi connectivity index (χ1n) is 6.08. The minimum atomic E-state index is 0.579. The van der Waals surface area contributed by atoms with Crippen molar-refractivity contribution in [3.63, 3.8) is 0 Å². The summed E-state index contributed by atoms with van der Waals surface area (Å²) in [6.45, 7) is 2.73. The number of nitrogens with two attached hydrogens (primary N) is 1. The minimum Gasteiger partial charge on any atom is -0.330 e. The highest BCUT2D eigenvalue weighted by Gasteiger charge is 2.02. The van der Waals surface area contributed by atoms with Gasteiger partial charge >= 0.3 is 0 Å². The van der Waals surface area contributed by atoms with E-state index in [9.17, 15) is 0 Å². The van der Waals surface area contributed by atoms with E-state index < -0.39 is 0 Å². The van der Waals surface area contributed by atoms with Crippen LogP contribution in [0.1, 0.15) is 12.7 Å². The molecule has 0 atom stereocenters. The zero-order chi connectivity index (χ0) is 12.8. The molecule has 0 aliphatic carbocycles. The molecule has 18 heavy (non-hydrogen) atoms. The molecule has 4 heteroatoms. The third-order valence-corrected chi connectivity index (χ3v) is 3.43. The summed E-state index contributed by atoms with van der Waals surface area (Å²) in [7, 11) is 0. The fourth-order valence-electron chi connectivity index (χ4n) is 1.70. The van der Waals surface area contributed by atoms with Crippen LogP contribution in [0, 0.1) is 0 Å². The number of nitrogens with zero attached hydrogens (tertiary/aromatic N) is 2. The van der Waals surface area contributed by atoms with E-state index in [1.807, 2.05) is 17.8 Å². The van der Waals surface area contributed by atoms with Crippen LogP contribution < -0.4 is 5.73 Å². The van der Waals surface area contributed by atoms with Crippen LogP contribution >= 0.6 is 11.8 Å². The summed E-state index contributed by atoms with van der Waals surface area (Å²) in [5.74, 6) is 1.90. The van der Waals surface area contributed by atoms with E-state index in [0.29, 0.717) is 6.54 Å². The monoisotopic (exact) mass is 259 g/mol. The van der Waals surface area contributed by atoms with Gasteiger partial charge in [-0.1, -0.05) is 19.1 Å². The number of hydrogen-bond acceptors (Lipinski definition) is 4. The van der Waals surface area contributed by atoms with Gasteiger partial charge in [-0.05, 0) is 30.5 Å². The molecular formula is C14H17N3S. The van der Waals surface area contributed by atoms with Gasteiger partial charge in [0.1, 0.15) is 5.82 Å². The summed E-state index contributed by atoms with van der Waals surface area (Å²) in [5.41, 5.74) is 7.60. The van der Waals surface area contributed by atoms with Crippen LogP contribution in [0.4, 0.5) is 0 Å². The molecule has 0 bridgehead atoms. The molecule has 94 valence electrons. The van der Waals surface area contributed by atoms with Crippen LogP contribution in [0.2, 0.25) is 0 Å². The molecule has 0 fully saturated rings. The summed E-state index contributed by atoms with van der Waals surface area (Å²) in [4.78, 5) is 10.0. The first-order valence-corrected chi connectivity index (χ1v) is 7.07. The number of thioether (sulfide) groups is 1. The Morgan fingerprint density at radius 1 is 1.17 bits per heavy atom. The lowest BCUT2D eigenvalue weighted by atomic mass is 10.1. The van der Waals surface area contributed by atoms with Gasteiger partial charge in [0.15, 0.2) is 0 Å². The van der Waals surface area contributed by atoms with Crippen LogP contribution in [-0.2, 0) is 6.42 Å². The molecule has 0 saturated carbocycles. The zero-order valence-corrected chi connectivity index (χ0v) is 11.3. The van der Waals surface area contributed by atoms with Crippen molar-refractivity contribution in [3.8, 4) is 11.3 Å². The minimum absolute atomic E-state index is 0.579. The van der Waals surface area contributed by atoms with Crippen molar-refractivity contribution < 1.29 is 0 Å². The predicted molar refractivity (Wildman–Crippen MR) is 76.6 cm³/mol. The summed E-state index contributed by atoms with van der Waals surface area (Å²) in [5, 5.41) is 0. The maximum absolute atomic E-state index is 5.52. The Bertz CT molecular complexity index is 497. The molecule has 3 nitrogen and oxygen atoms in total. The van der Waals surface area contributed by atoms with Gasteiger partial charge < -0.3 is 5.73 Å². The molecule has 2 rings (SSSR count). The highest BCUT2D eigenvalue weighted by atomic mass is 32.2. The number of hydrogen-bond donors (Lipinski definition) is 1. The normalized spacial score (nSPS) is 10.6. The van der Waals surface area contributed by atoms with E-state index in [-0.39, 0.29) is 0 Å². The standard InChI is InChI=1S/C14H17N3S/c1-2-18-12-5-3-11(4-6-12)13-8-10-16-14(17-13)7-9-15/h3-6,8,10H,2,7,9,15H2,1H3. The Hall–Kier alpha value is -1.39. The van der Waals surface area contributed by atoms with Gasteiger partial charge in [0.25, 0.3) is 0 Å². The van der Waals surface area contributed by atoms with Crippen LogP contribution in [0.15, 0.2) is 41.4 Å². The van der Waals surface area contributed by atoms with Crippen molar-refractivity contribution in [2.75, 3.05) is 12.3 Å². The SMILES string of the molecule is CCSc1ccc(-c2ccnc(CCN)n2)cc1. The fourth-order valence-corrected chi connectivity index (χ4v) is 2.36. The molecule has 2 aromatic rings. The van der Waals surface area contributed by atoms with Crippen LogP contribution in [-0.4, -0.2) is 22.3 Å². The van der Waals surface area contributed by atoms with Crippen LogP contribution in [0.5, 0.6) is 0 Å².